The molecule has 0 saturated carbocycles. The van der Waals surface area contributed by atoms with E-state index in [4.69, 9.17) is 5.73 Å². The van der Waals surface area contributed by atoms with Crippen molar-refractivity contribution in [1.29, 1.82) is 0 Å². The summed E-state index contributed by atoms with van der Waals surface area (Å²) >= 11 is 0. The summed E-state index contributed by atoms with van der Waals surface area (Å²) in [6.07, 6.45) is 4.11. The molecule has 108 valence electrons. The number of halogens is 1. The van der Waals surface area contributed by atoms with Crippen LogP contribution in [0.15, 0.2) is 30.5 Å². The molecule has 0 saturated heterocycles. The number of aldehydes is 1. The Morgan fingerprint density at radius 2 is 2.10 bits per heavy atom. The van der Waals surface area contributed by atoms with Crippen LogP contribution in [-0.2, 0) is 16.0 Å². The zero-order valence-corrected chi connectivity index (χ0v) is 12.2. The van der Waals surface area contributed by atoms with Crippen molar-refractivity contribution in [3.05, 3.63) is 36.0 Å². The molecule has 1 heterocycles. The second kappa shape index (κ2) is 6.57. The number of H-pyrrole nitrogens is 1. The lowest BCUT2D eigenvalue weighted by molar-refractivity contribution is -0.127. The van der Waals surface area contributed by atoms with Crippen LogP contribution in [-0.4, -0.2) is 17.2 Å². The van der Waals surface area contributed by atoms with Gasteiger partial charge < -0.3 is 15.5 Å². The lowest BCUT2D eigenvalue weighted by Crippen LogP contribution is -2.36. The van der Waals surface area contributed by atoms with Crippen LogP contribution in [0.3, 0.4) is 0 Å². The van der Waals surface area contributed by atoms with E-state index >= 15 is 0 Å². The van der Waals surface area contributed by atoms with Gasteiger partial charge in [-0.15, -0.1) is 12.4 Å². The van der Waals surface area contributed by atoms with Gasteiger partial charge in [-0.2, -0.15) is 0 Å². The molecule has 0 radical (unpaired) electrons. The first-order valence-electron chi connectivity index (χ1n) is 6.35. The lowest BCUT2D eigenvalue weighted by Gasteiger charge is -2.24. The van der Waals surface area contributed by atoms with Crippen molar-refractivity contribution >= 4 is 35.5 Å². The molecule has 1 aromatic carbocycles. The van der Waals surface area contributed by atoms with E-state index in [1.54, 1.807) is 0 Å². The molecule has 0 aliphatic rings. The number of fused-ring (bicyclic) bond motifs is 1. The van der Waals surface area contributed by atoms with E-state index in [0.717, 1.165) is 22.8 Å². The Kier molecular flexibility index (Phi) is 5.34. The average Bonchev–Trinajstić information content (AvgIpc) is 2.80. The highest BCUT2D eigenvalue weighted by Crippen LogP contribution is 2.30. The van der Waals surface area contributed by atoms with Gasteiger partial charge >= 0.3 is 0 Å². The average molecular weight is 295 g/mol. The number of hydrogen-bond donors (Lipinski definition) is 2. The third kappa shape index (κ3) is 3.20. The van der Waals surface area contributed by atoms with Gasteiger partial charge in [0.15, 0.2) is 0 Å². The number of para-hydroxylation sites is 1. The van der Waals surface area contributed by atoms with Crippen molar-refractivity contribution in [3.63, 3.8) is 0 Å². The molecule has 1 atom stereocenters. The Morgan fingerprint density at radius 1 is 1.40 bits per heavy atom. The highest BCUT2D eigenvalue weighted by Gasteiger charge is 2.31. The molecule has 20 heavy (non-hydrogen) atoms. The predicted molar refractivity (Wildman–Crippen MR) is 81.9 cm³/mol. The van der Waals surface area contributed by atoms with Crippen LogP contribution in [0.25, 0.3) is 10.9 Å². The monoisotopic (exact) mass is 294 g/mol. The molecule has 2 aromatic rings. The van der Waals surface area contributed by atoms with Crippen molar-refractivity contribution in [2.24, 2.45) is 11.1 Å². The van der Waals surface area contributed by atoms with E-state index in [2.05, 4.69) is 4.98 Å². The zero-order chi connectivity index (χ0) is 13.9. The Morgan fingerprint density at radius 3 is 2.75 bits per heavy atom. The van der Waals surface area contributed by atoms with E-state index in [-0.39, 0.29) is 18.3 Å². The molecule has 3 N–H and O–H groups in total. The molecule has 2 rings (SSSR count). The fourth-order valence-corrected chi connectivity index (χ4v) is 2.37. The van der Waals surface area contributed by atoms with Crippen LogP contribution in [0.1, 0.15) is 25.3 Å². The van der Waals surface area contributed by atoms with Crippen molar-refractivity contribution < 1.29 is 9.59 Å². The maximum absolute atomic E-state index is 11.7. The number of aromatic amines is 1. The van der Waals surface area contributed by atoms with Gasteiger partial charge in [-0.3, -0.25) is 4.79 Å². The number of nitrogens with one attached hydrogen (secondary N) is 1. The smallest absolute Gasteiger partial charge is 0.223 e. The van der Waals surface area contributed by atoms with E-state index in [0.29, 0.717) is 19.3 Å². The second-order valence-corrected chi connectivity index (χ2v) is 5.17. The van der Waals surface area contributed by atoms with Gasteiger partial charge in [-0.05, 0) is 24.5 Å². The number of rotatable bonds is 6. The maximum Gasteiger partial charge on any atom is 0.223 e. The molecule has 1 aromatic heterocycles. The molecule has 0 aliphatic heterocycles. The summed E-state index contributed by atoms with van der Waals surface area (Å²) in [5, 5.41) is 1.10. The third-order valence-corrected chi connectivity index (χ3v) is 3.66. The van der Waals surface area contributed by atoms with Crippen molar-refractivity contribution in [2.45, 2.75) is 26.2 Å². The fraction of sp³-hybridized carbons (Fsp3) is 0.333. The Hall–Kier alpha value is -1.81. The van der Waals surface area contributed by atoms with Gasteiger partial charge in [0.25, 0.3) is 0 Å². The number of nitrogens with two attached hydrogens (primary N) is 1. The van der Waals surface area contributed by atoms with Crippen LogP contribution < -0.4 is 5.73 Å². The molecular weight excluding hydrogens is 276 g/mol. The number of benzene rings is 1. The SMILES string of the molecule is C[C@@](CCC=O)(Cc1c[nH]c2ccccc12)C(N)=O.Cl. The summed E-state index contributed by atoms with van der Waals surface area (Å²) in [4.78, 5) is 25.4. The quantitative estimate of drug-likeness (QED) is 0.804. The highest BCUT2D eigenvalue weighted by atomic mass is 35.5. The first-order chi connectivity index (χ1) is 9.07. The molecule has 4 nitrogen and oxygen atoms in total. The Labute approximate surface area is 124 Å². The van der Waals surface area contributed by atoms with Crippen LogP contribution in [0.5, 0.6) is 0 Å². The van der Waals surface area contributed by atoms with E-state index in [1.165, 1.54) is 0 Å². The number of primary amides is 1. The topological polar surface area (TPSA) is 75.9 Å². The third-order valence-electron chi connectivity index (χ3n) is 3.66. The van der Waals surface area contributed by atoms with Gasteiger partial charge in [-0.1, -0.05) is 25.1 Å². The van der Waals surface area contributed by atoms with Crippen molar-refractivity contribution in [2.75, 3.05) is 0 Å². The summed E-state index contributed by atoms with van der Waals surface area (Å²) in [5.74, 6) is -0.361. The van der Waals surface area contributed by atoms with Gasteiger partial charge in [0.1, 0.15) is 6.29 Å². The summed E-state index contributed by atoms with van der Waals surface area (Å²) in [5.41, 5.74) is 6.92. The maximum atomic E-state index is 11.7. The molecule has 0 spiro atoms. The largest absolute Gasteiger partial charge is 0.369 e. The first kappa shape index (κ1) is 16.2. The number of aromatic nitrogens is 1. The summed E-state index contributed by atoms with van der Waals surface area (Å²) in [6.45, 7) is 1.82. The van der Waals surface area contributed by atoms with Crippen LogP contribution >= 0.6 is 12.4 Å². The standard InChI is InChI=1S/C15H18N2O2.ClH/c1-15(14(16)19,7-4-8-18)9-11-10-17-13-6-3-2-5-12(11)13;/h2-3,5-6,8,10,17H,4,7,9H2,1H3,(H2,16,19);1H/t15-;/m1./s1. The molecule has 0 aliphatic carbocycles. The normalized spacial score (nSPS) is 13.4. The molecular formula is C15H19ClN2O2. The highest BCUT2D eigenvalue weighted by molar-refractivity contribution is 5.86. The second-order valence-electron chi connectivity index (χ2n) is 5.17. The minimum Gasteiger partial charge on any atom is -0.369 e. The molecule has 0 unspecified atom stereocenters. The molecule has 0 fully saturated rings. The predicted octanol–water partition coefficient (Wildman–Crippen LogP) is 2.60. The number of carbonyl (C=O) groups excluding carboxylic acids is 2. The zero-order valence-electron chi connectivity index (χ0n) is 11.4. The van der Waals surface area contributed by atoms with E-state index < -0.39 is 5.41 Å². The van der Waals surface area contributed by atoms with Gasteiger partial charge in [-0.25, -0.2) is 0 Å². The fourth-order valence-electron chi connectivity index (χ4n) is 2.37. The first-order valence-corrected chi connectivity index (χ1v) is 6.35. The van der Waals surface area contributed by atoms with Crippen molar-refractivity contribution in [3.8, 4) is 0 Å². The lowest BCUT2D eigenvalue weighted by atomic mass is 9.79. The van der Waals surface area contributed by atoms with Gasteiger partial charge in [0.05, 0.1) is 5.41 Å². The van der Waals surface area contributed by atoms with Gasteiger partial charge in [0, 0.05) is 23.5 Å². The minimum absolute atomic E-state index is 0. The number of amides is 1. The molecule has 0 bridgehead atoms. The van der Waals surface area contributed by atoms with Crippen molar-refractivity contribution in [1.82, 2.24) is 4.98 Å². The van der Waals surface area contributed by atoms with Crippen LogP contribution in [0.4, 0.5) is 0 Å². The molecule has 1 amide bonds. The van der Waals surface area contributed by atoms with Crippen LogP contribution in [0, 0.1) is 5.41 Å². The molecule has 5 heteroatoms. The summed E-state index contributed by atoms with van der Waals surface area (Å²) < 4.78 is 0. The van der Waals surface area contributed by atoms with Crippen LogP contribution in [0.2, 0.25) is 0 Å². The Balaban J connectivity index is 0.00000200. The Bertz CT molecular complexity index is 609. The summed E-state index contributed by atoms with van der Waals surface area (Å²) in [6, 6.07) is 7.93. The summed E-state index contributed by atoms with van der Waals surface area (Å²) in [7, 11) is 0. The van der Waals surface area contributed by atoms with E-state index in [1.807, 2.05) is 37.4 Å². The number of carbonyl (C=O) groups is 2. The van der Waals surface area contributed by atoms with Gasteiger partial charge in [0.2, 0.25) is 5.91 Å². The number of hydrogen-bond acceptors (Lipinski definition) is 2. The van der Waals surface area contributed by atoms with E-state index in [9.17, 15) is 9.59 Å². The minimum atomic E-state index is -0.689.